The molecule has 0 saturated carbocycles. The first-order chi connectivity index (χ1) is 28.0. The molecule has 0 aromatic heterocycles. The van der Waals surface area contributed by atoms with Crippen molar-refractivity contribution in [2.45, 2.75) is 297 Å². The Morgan fingerprint density at radius 3 is 0.702 bits per heavy atom. The molecule has 0 aromatic carbocycles. The van der Waals surface area contributed by atoms with Crippen LogP contribution in [0, 0.1) is 0 Å². The second-order valence-electron chi connectivity index (χ2n) is 17.5. The summed E-state index contributed by atoms with van der Waals surface area (Å²) >= 11 is 0. The average molecular weight is 807 g/mol. The van der Waals surface area contributed by atoms with Crippen LogP contribution in [-0.2, 0) is 28.6 Å². The van der Waals surface area contributed by atoms with Gasteiger partial charge in [-0.3, -0.25) is 14.4 Å². The van der Waals surface area contributed by atoms with Crippen LogP contribution in [0.3, 0.4) is 0 Å². The van der Waals surface area contributed by atoms with E-state index in [0.29, 0.717) is 19.3 Å². The van der Waals surface area contributed by atoms with Crippen LogP contribution in [0.2, 0.25) is 0 Å². The molecular weight excluding hydrogens is 709 g/mol. The molecule has 6 heteroatoms. The van der Waals surface area contributed by atoms with Crippen molar-refractivity contribution >= 4 is 17.9 Å². The molecule has 0 aromatic rings. The summed E-state index contributed by atoms with van der Waals surface area (Å²) in [6.45, 7) is 6.64. The van der Waals surface area contributed by atoms with Crippen molar-refractivity contribution in [3.05, 3.63) is 0 Å². The van der Waals surface area contributed by atoms with Gasteiger partial charge in [-0.2, -0.15) is 0 Å². The summed E-state index contributed by atoms with van der Waals surface area (Å²) in [6.07, 6.45) is 49.6. The Hall–Kier alpha value is -1.59. The van der Waals surface area contributed by atoms with E-state index in [1.54, 1.807) is 0 Å². The molecule has 0 bridgehead atoms. The summed E-state index contributed by atoms with van der Waals surface area (Å²) in [6, 6.07) is 0. The van der Waals surface area contributed by atoms with E-state index >= 15 is 0 Å². The highest BCUT2D eigenvalue weighted by Gasteiger charge is 2.19. The molecule has 57 heavy (non-hydrogen) atoms. The molecule has 0 saturated heterocycles. The van der Waals surface area contributed by atoms with Gasteiger partial charge in [-0.15, -0.1) is 0 Å². The summed E-state index contributed by atoms with van der Waals surface area (Å²) in [5, 5.41) is 0. The SMILES string of the molecule is CCCCCCCCCCCCCCCCCCCC(=O)OC[C@@H](COC(=O)CCCCCCCCC)OC(=O)CCCCCCCCCCCCCCCCC. The first kappa shape index (κ1) is 55.4. The zero-order valence-corrected chi connectivity index (χ0v) is 38.6. The first-order valence-electron chi connectivity index (χ1n) is 25.5. The first-order valence-corrected chi connectivity index (χ1v) is 25.5. The smallest absolute Gasteiger partial charge is 0.306 e. The van der Waals surface area contributed by atoms with Crippen molar-refractivity contribution in [1.82, 2.24) is 0 Å². The molecule has 0 N–H and O–H groups in total. The lowest BCUT2D eigenvalue weighted by molar-refractivity contribution is -0.167. The van der Waals surface area contributed by atoms with E-state index in [9.17, 15) is 14.4 Å². The van der Waals surface area contributed by atoms with E-state index in [2.05, 4.69) is 20.8 Å². The van der Waals surface area contributed by atoms with Crippen LogP contribution < -0.4 is 0 Å². The third-order valence-corrected chi connectivity index (χ3v) is 11.6. The minimum absolute atomic E-state index is 0.0624. The van der Waals surface area contributed by atoms with Gasteiger partial charge in [-0.25, -0.2) is 0 Å². The van der Waals surface area contributed by atoms with Gasteiger partial charge in [0.25, 0.3) is 0 Å². The molecule has 0 radical (unpaired) electrons. The van der Waals surface area contributed by atoms with Crippen molar-refractivity contribution in [1.29, 1.82) is 0 Å². The van der Waals surface area contributed by atoms with Crippen molar-refractivity contribution < 1.29 is 28.6 Å². The number of carbonyl (C=O) groups is 3. The van der Waals surface area contributed by atoms with Crippen molar-refractivity contribution in [2.24, 2.45) is 0 Å². The standard InChI is InChI=1S/C51H98O6/c1-4-7-10-13-16-18-20-22-24-25-27-28-30-32-35-38-41-44-50(53)56-47-48(46-55-49(52)43-40-37-34-15-12-9-6-3)57-51(54)45-42-39-36-33-31-29-26-23-21-19-17-14-11-8-5-2/h48H,4-47H2,1-3H3/t48-/m1/s1. The highest BCUT2D eigenvalue weighted by molar-refractivity contribution is 5.71. The molecule has 0 heterocycles. The third kappa shape index (κ3) is 45.3. The van der Waals surface area contributed by atoms with Gasteiger partial charge in [0.15, 0.2) is 6.10 Å². The molecular formula is C51H98O6. The van der Waals surface area contributed by atoms with Crippen LogP contribution in [-0.4, -0.2) is 37.2 Å². The number of carbonyl (C=O) groups excluding carboxylic acids is 3. The van der Waals surface area contributed by atoms with Crippen molar-refractivity contribution in [3.63, 3.8) is 0 Å². The molecule has 0 rings (SSSR count). The van der Waals surface area contributed by atoms with E-state index in [1.807, 2.05) is 0 Å². The van der Waals surface area contributed by atoms with Crippen LogP contribution in [0.15, 0.2) is 0 Å². The highest BCUT2D eigenvalue weighted by Crippen LogP contribution is 2.17. The molecule has 0 fully saturated rings. The summed E-state index contributed by atoms with van der Waals surface area (Å²) in [7, 11) is 0. The van der Waals surface area contributed by atoms with E-state index in [4.69, 9.17) is 14.2 Å². The molecule has 0 amide bonds. The molecule has 0 aliphatic heterocycles. The minimum Gasteiger partial charge on any atom is -0.462 e. The molecule has 0 aliphatic rings. The van der Waals surface area contributed by atoms with Gasteiger partial charge < -0.3 is 14.2 Å². The number of unbranched alkanes of at least 4 members (excludes halogenated alkanes) is 36. The van der Waals surface area contributed by atoms with Crippen LogP contribution in [0.4, 0.5) is 0 Å². The van der Waals surface area contributed by atoms with E-state index in [-0.39, 0.29) is 31.1 Å². The number of hydrogen-bond acceptors (Lipinski definition) is 6. The summed E-state index contributed by atoms with van der Waals surface area (Å²) in [5.41, 5.74) is 0. The topological polar surface area (TPSA) is 78.9 Å². The van der Waals surface area contributed by atoms with Crippen LogP contribution in [0.25, 0.3) is 0 Å². The van der Waals surface area contributed by atoms with Gasteiger partial charge in [0.05, 0.1) is 0 Å². The molecule has 1 atom stereocenters. The fraction of sp³-hybridized carbons (Fsp3) is 0.941. The number of ether oxygens (including phenoxy) is 3. The van der Waals surface area contributed by atoms with Gasteiger partial charge in [0, 0.05) is 19.3 Å². The second kappa shape index (κ2) is 47.1. The van der Waals surface area contributed by atoms with Gasteiger partial charge >= 0.3 is 17.9 Å². The fourth-order valence-electron chi connectivity index (χ4n) is 7.74. The Balaban J connectivity index is 4.19. The van der Waals surface area contributed by atoms with Gasteiger partial charge in [-0.05, 0) is 19.3 Å². The number of hydrogen-bond donors (Lipinski definition) is 0. The van der Waals surface area contributed by atoms with Gasteiger partial charge in [0.1, 0.15) is 13.2 Å². The molecule has 0 aliphatic carbocycles. The maximum atomic E-state index is 12.7. The predicted molar refractivity (Wildman–Crippen MR) is 243 cm³/mol. The Kier molecular flexibility index (Phi) is 45.8. The number of rotatable bonds is 47. The monoisotopic (exact) mass is 807 g/mol. The number of esters is 3. The Bertz CT molecular complexity index is 844. The molecule has 0 unspecified atom stereocenters. The summed E-state index contributed by atoms with van der Waals surface area (Å²) < 4.78 is 16.7. The molecule has 338 valence electrons. The van der Waals surface area contributed by atoms with Crippen molar-refractivity contribution in [3.8, 4) is 0 Å². The second-order valence-corrected chi connectivity index (χ2v) is 17.5. The minimum atomic E-state index is -0.758. The predicted octanol–water partition coefficient (Wildman–Crippen LogP) is 16.4. The lowest BCUT2D eigenvalue weighted by Crippen LogP contribution is -2.30. The highest BCUT2D eigenvalue weighted by atomic mass is 16.6. The average Bonchev–Trinajstić information content (AvgIpc) is 3.21. The summed E-state index contributed by atoms with van der Waals surface area (Å²) in [4.78, 5) is 37.7. The van der Waals surface area contributed by atoms with Crippen LogP contribution >= 0.6 is 0 Å². The normalized spacial score (nSPS) is 11.8. The third-order valence-electron chi connectivity index (χ3n) is 11.6. The zero-order valence-electron chi connectivity index (χ0n) is 38.6. The fourth-order valence-corrected chi connectivity index (χ4v) is 7.74. The Morgan fingerprint density at radius 2 is 0.474 bits per heavy atom. The van der Waals surface area contributed by atoms with Crippen LogP contribution in [0.5, 0.6) is 0 Å². The lowest BCUT2D eigenvalue weighted by atomic mass is 10.0. The van der Waals surface area contributed by atoms with E-state index in [0.717, 1.165) is 57.8 Å². The van der Waals surface area contributed by atoms with Gasteiger partial charge in [0.2, 0.25) is 0 Å². The molecule has 0 spiro atoms. The van der Waals surface area contributed by atoms with E-state index in [1.165, 1.54) is 193 Å². The van der Waals surface area contributed by atoms with Crippen LogP contribution in [0.1, 0.15) is 290 Å². The Labute approximate surface area is 355 Å². The summed E-state index contributed by atoms with van der Waals surface area (Å²) in [5.74, 6) is -0.849. The largest absolute Gasteiger partial charge is 0.462 e. The maximum absolute atomic E-state index is 12.7. The lowest BCUT2D eigenvalue weighted by Gasteiger charge is -2.18. The van der Waals surface area contributed by atoms with Gasteiger partial charge in [-0.1, -0.05) is 252 Å². The molecule has 6 nitrogen and oxygen atoms in total. The maximum Gasteiger partial charge on any atom is 0.306 e. The zero-order chi connectivity index (χ0) is 41.5. The quantitative estimate of drug-likeness (QED) is 0.0346. The Morgan fingerprint density at radius 1 is 0.281 bits per heavy atom. The van der Waals surface area contributed by atoms with Crippen molar-refractivity contribution in [2.75, 3.05) is 13.2 Å². The van der Waals surface area contributed by atoms with E-state index < -0.39 is 6.10 Å².